The van der Waals surface area contributed by atoms with Gasteiger partial charge in [0.05, 0.1) is 7.11 Å². The Balaban J connectivity index is 2.41. The third-order valence-corrected chi connectivity index (χ3v) is 4.83. The third-order valence-electron chi connectivity index (χ3n) is 4.42. The highest BCUT2D eigenvalue weighted by Crippen LogP contribution is 2.31. The Morgan fingerprint density at radius 2 is 2.00 bits per heavy atom. The molecule has 0 saturated heterocycles. The molecule has 0 aliphatic heterocycles. The number of hydrogen-bond acceptors (Lipinski definition) is 3. The molecule has 2 rings (SSSR count). The van der Waals surface area contributed by atoms with Gasteiger partial charge in [-0.15, -0.1) is 0 Å². The van der Waals surface area contributed by atoms with Crippen molar-refractivity contribution in [2.24, 2.45) is 0 Å². The number of aryl methyl sites for hydroxylation is 1. The van der Waals surface area contributed by atoms with Crippen molar-refractivity contribution in [3.63, 3.8) is 0 Å². The molecule has 2 aromatic rings. The summed E-state index contributed by atoms with van der Waals surface area (Å²) in [6.07, 6.45) is 1.61. The highest BCUT2D eigenvalue weighted by atomic mass is 35.5. The summed E-state index contributed by atoms with van der Waals surface area (Å²) in [5.74, 6) is 0.586. The van der Waals surface area contributed by atoms with Gasteiger partial charge in [0.25, 0.3) is 5.91 Å². The van der Waals surface area contributed by atoms with Gasteiger partial charge in [0.1, 0.15) is 17.4 Å². The van der Waals surface area contributed by atoms with E-state index in [1.807, 2.05) is 32.0 Å². The topological polar surface area (TPSA) is 62.1 Å². The van der Waals surface area contributed by atoms with Gasteiger partial charge in [0.2, 0.25) is 0 Å². The summed E-state index contributed by atoms with van der Waals surface area (Å²) < 4.78 is 5.45. The maximum atomic E-state index is 12.6. The number of amides is 1. The van der Waals surface area contributed by atoms with E-state index in [1.54, 1.807) is 31.4 Å². The molecule has 0 aliphatic carbocycles. The van der Waals surface area contributed by atoms with Crippen LogP contribution in [0, 0.1) is 25.2 Å². The fourth-order valence-electron chi connectivity index (χ4n) is 2.74. The molecule has 2 aromatic carbocycles. The van der Waals surface area contributed by atoms with Crippen LogP contribution in [0.5, 0.6) is 5.75 Å². The molecule has 5 heteroatoms. The third kappa shape index (κ3) is 4.69. The first-order valence-corrected chi connectivity index (χ1v) is 9.03. The number of benzene rings is 2. The summed E-state index contributed by atoms with van der Waals surface area (Å²) in [4.78, 5) is 12.6. The fraction of sp³-hybridized carbons (Fsp3) is 0.273. The van der Waals surface area contributed by atoms with Crippen LogP contribution in [0.4, 0.5) is 5.69 Å². The van der Waals surface area contributed by atoms with Crippen molar-refractivity contribution in [1.82, 2.24) is 0 Å². The first kappa shape index (κ1) is 20.5. The minimum atomic E-state index is -0.468. The number of ether oxygens (including phenoxy) is 1. The normalized spacial score (nSPS) is 11.3. The second kappa shape index (κ2) is 8.75. The van der Waals surface area contributed by atoms with Crippen LogP contribution in [0.15, 0.2) is 35.9 Å². The van der Waals surface area contributed by atoms with Gasteiger partial charge in [-0.2, -0.15) is 5.26 Å². The zero-order valence-corrected chi connectivity index (χ0v) is 16.9. The van der Waals surface area contributed by atoms with Crippen molar-refractivity contribution in [3.05, 3.63) is 63.2 Å². The highest BCUT2D eigenvalue weighted by Gasteiger charge is 2.15. The van der Waals surface area contributed by atoms with E-state index in [0.29, 0.717) is 10.7 Å². The zero-order valence-electron chi connectivity index (χ0n) is 16.2. The minimum absolute atomic E-state index is 0.0253. The number of nitrogens with zero attached hydrogens (tertiary/aromatic N) is 1. The van der Waals surface area contributed by atoms with E-state index >= 15 is 0 Å². The smallest absolute Gasteiger partial charge is 0.266 e. The average molecular weight is 383 g/mol. The van der Waals surface area contributed by atoms with Gasteiger partial charge in [-0.25, -0.2) is 0 Å². The van der Waals surface area contributed by atoms with E-state index in [1.165, 1.54) is 0 Å². The maximum absolute atomic E-state index is 12.6. The van der Waals surface area contributed by atoms with Crippen molar-refractivity contribution in [1.29, 1.82) is 5.26 Å². The van der Waals surface area contributed by atoms with Crippen molar-refractivity contribution < 1.29 is 9.53 Å². The van der Waals surface area contributed by atoms with Crippen molar-refractivity contribution >= 4 is 29.3 Å². The maximum Gasteiger partial charge on any atom is 0.266 e. The molecular formula is C22H23ClN2O2. The van der Waals surface area contributed by atoms with Gasteiger partial charge < -0.3 is 10.1 Å². The largest absolute Gasteiger partial charge is 0.496 e. The summed E-state index contributed by atoms with van der Waals surface area (Å²) in [5.41, 5.74) is 4.13. The molecule has 0 fully saturated rings. The van der Waals surface area contributed by atoms with Crippen LogP contribution in [0.3, 0.4) is 0 Å². The molecule has 0 atom stereocenters. The molecule has 0 aliphatic rings. The van der Waals surface area contributed by atoms with E-state index in [9.17, 15) is 10.1 Å². The Morgan fingerprint density at radius 1 is 1.30 bits per heavy atom. The highest BCUT2D eigenvalue weighted by molar-refractivity contribution is 6.31. The molecule has 0 aromatic heterocycles. The molecule has 1 N–H and O–H groups in total. The monoisotopic (exact) mass is 382 g/mol. The van der Waals surface area contributed by atoms with Crippen LogP contribution in [0.1, 0.15) is 42.0 Å². The first-order chi connectivity index (χ1) is 12.8. The second-order valence-electron chi connectivity index (χ2n) is 6.64. The number of anilines is 1. The Bertz CT molecular complexity index is 940. The van der Waals surface area contributed by atoms with Crippen LogP contribution in [-0.2, 0) is 4.79 Å². The van der Waals surface area contributed by atoms with Gasteiger partial charge in [0.15, 0.2) is 0 Å². The standard InChI is InChI=1S/C22H23ClN2O2/c1-13(2)18-11-16(14(3)9-21(18)27-5)10-17(12-24)22(26)25-20-8-6-7-19(23)15(20)4/h6-11,13H,1-5H3,(H,25,26)/b17-10-. The van der Waals surface area contributed by atoms with E-state index in [0.717, 1.165) is 28.0 Å². The van der Waals surface area contributed by atoms with E-state index in [2.05, 4.69) is 19.2 Å². The lowest BCUT2D eigenvalue weighted by molar-refractivity contribution is -0.112. The lowest BCUT2D eigenvalue weighted by Crippen LogP contribution is -2.14. The quantitative estimate of drug-likeness (QED) is 0.538. The average Bonchev–Trinajstić information content (AvgIpc) is 2.63. The minimum Gasteiger partial charge on any atom is -0.496 e. The van der Waals surface area contributed by atoms with E-state index < -0.39 is 5.91 Å². The number of methoxy groups -OCH3 is 1. The number of carbonyl (C=O) groups is 1. The molecule has 0 saturated carbocycles. The Morgan fingerprint density at radius 3 is 2.59 bits per heavy atom. The SMILES string of the molecule is COc1cc(C)c(/C=C(/C#N)C(=O)Nc2cccc(Cl)c2C)cc1C(C)C. The molecule has 0 bridgehead atoms. The molecule has 140 valence electrons. The lowest BCUT2D eigenvalue weighted by atomic mass is 9.95. The number of rotatable bonds is 5. The van der Waals surface area contributed by atoms with Crippen LogP contribution >= 0.6 is 11.6 Å². The number of hydrogen-bond donors (Lipinski definition) is 1. The number of carbonyl (C=O) groups excluding carboxylic acids is 1. The molecule has 0 radical (unpaired) electrons. The number of nitrogens with one attached hydrogen (secondary N) is 1. The van der Waals surface area contributed by atoms with Crippen LogP contribution < -0.4 is 10.1 Å². The van der Waals surface area contributed by atoms with Crippen LogP contribution in [-0.4, -0.2) is 13.0 Å². The van der Waals surface area contributed by atoms with Gasteiger partial charge >= 0.3 is 0 Å². The van der Waals surface area contributed by atoms with E-state index in [4.69, 9.17) is 16.3 Å². The summed E-state index contributed by atoms with van der Waals surface area (Å²) in [5, 5.41) is 12.8. The Hall–Kier alpha value is -2.77. The molecule has 0 spiro atoms. The molecule has 0 heterocycles. The predicted octanol–water partition coefficient (Wildman–Crippen LogP) is 5.63. The molecule has 0 unspecified atom stereocenters. The summed E-state index contributed by atoms with van der Waals surface area (Å²) in [6.45, 7) is 7.88. The van der Waals surface area contributed by atoms with Crippen molar-refractivity contribution in [2.75, 3.05) is 12.4 Å². The lowest BCUT2D eigenvalue weighted by Gasteiger charge is -2.15. The van der Waals surface area contributed by atoms with Gasteiger partial charge in [-0.1, -0.05) is 31.5 Å². The molecule has 4 nitrogen and oxygen atoms in total. The van der Waals surface area contributed by atoms with Crippen LogP contribution in [0.2, 0.25) is 5.02 Å². The van der Waals surface area contributed by atoms with Gasteiger partial charge in [-0.05, 0) is 72.4 Å². The fourth-order valence-corrected chi connectivity index (χ4v) is 2.91. The second-order valence-corrected chi connectivity index (χ2v) is 7.05. The van der Waals surface area contributed by atoms with E-state index in [-0.39, 0.29) is 11.5 Å². The van der Waals surface area contributed by atoms with Gasteiger partial charge in [-0.3, -0.25) is 4.79 Å². The Kier molecular flexibility index (Phi) is 6.65. The summed E-state index contributed by atoms with van der Waals surface area (Å²) in [6, 6.07) is 11.1. The van der Waals surface area contributed by atoms with Crippen LogP contribution in [0.25, 0.3) is 6.08 Å². The van der Waals surface area contributed by atoms with Crippen molar-refractivity contribution in [3.8, 4) is 11.8 Å². The molecular weight excluding hydrogens is 360 g/mol. The zero-order chi connectivity index (χ0) is 20.1. The number of halogens is 1. The predicted molar refractivity (Wildman–Crippen MR) is 110 cm³/mol. The van der Waals surface area contributed by atoms with Gasteiger partial charge in [0, 0.05) is 10.7 Å². The first-order valence-electron chi connectivity index (χ1n) is 8.65. The molecule has 27 heavy (non-hydrogen) atoms. The number of nitriles is 1. The molecule has 1 amide bonds. The summed E-state index contributed by atoms with van der Waals surface area (Å²) in [7, 11) is 1.64. The van der Waals surface area contributed by atoms with Crippen molar-refractivity contribution in [2.45, 2.75) is 33.6 Å². The Labute approximate surface area is 165 Å². The summed E-state index contributed by atoms with van der Waals surface area (Å²) >= 11 is 6.09.